The van der Waals surface area contributed by atoms with Gasteiger partial charge in [-0.05, 0) is 74.7 Å². The molecular formula is C29H33BrN2O5. The van der Waals surface area contributed by atoms with Crippen LogP contribution in [0.2, 0.25) is 0 Å². The van der Waals surface area contributed by atoms with Crippen molar-refractivity contribution >= 4 is 51.4 Å². The molecule has 2 aromatic rings. The van der Waals surface area contributed by atoms with E-state index in [0.717, 1.165) is 34.3 Å². The van der Waals surface area contributed by atoms with Crippen LogP contribution < -0.4 is 4.90 Å². The highest BCUT2D eigenvalue weighted by molar-refractivity contribution is 9.10. The number of amides is 1. The van der Waals surface area contributed by atoms with Crippen molar-refractivity contribution in [3.05, 3.63) is 70.2 Å². The molecule has 1 saturated heterocycles. The number of halogens is 1. The summed E-state index contributed by atoms with van der Waals surface area (Å²) >= 11 is 3.59. The van der Waals surface area contributed by atoms with Crippen molar-refractivity contribution in [1.29, 1.82) is 0 Å². The van der Waals surface area contributed by atoms with Crippen LogP contribution in [0.1, 0.15) is 44.7 Å². The smallest absolute Gasteiger partial charge is 0.410 e. The van der Waals surface area contributed by atoms with Crippen molar-refractivity contribution in [1.82, 2.24) is 4.90 Å². The molecule has 1 fully saturated rings. The number of carbonyl (C=O) groups is 3. The third-order valence-electron chi connectivity index (χ3n) is 5.65. The summed E-state index contributed by atoms with van der Waals surface area (Å²) in [5.74, 6) is -0.427. The summed E-state index contributed by atoms with van der Waals surface area (Å²) in [6, 6.07) is 12.4. The molecule has 37 heavy (non-hydrogen) atoms. The first kappa shape index (κ1) is 28.2. The zero-order valence-electron chi connectivity index (χ0n) is 21.4. The van der Waals surface area contributed by atoms with Crippen LogP contribution in [0.3, 0.4) is 0 Å². The molecule has 0 radical (unpaired) electrons. The lowest BCUT2D eigenvalue weighted by atomic mass is 10.1. The van der Waals surface area contributed by atoms with Gasteiger partial charge in [0.2, 0.25) is 0 Å². The molecule has 0 aromatic heterocycles. The Balaban J connectivity index is 1.54. The highest BCUT2D eigenvalue weighted by Crippen LogP contribution is 2.26. The quantitative estimate of drug-likeness (QED) is 0.332. The van der Waals surface area contributed by atoms with Gasteiger partial charge in [0.15, 0.2) is 11.6 Å². The van der Waals surface area contributed by atoms with Crippen molar-refractivity contribution in [3.63, 3.8) is 0 Å². The lowest BCUT2D eigenvalue weighted by molar-refractivity contribution is -0.121. The minimum atomic E-state index is -0.517. The largest absolute Gasteiger partial charge is 0.508 e. The molecule has 1 amide bonds. The summed E-state index contributed by atoms with van der Waals surface area (Å²) in [6.07, 6.45) is 6.43. The number of hydrogen-bond donors (Lipinski definition) is 1. The minimum absolute atomic E-state index is 0.152. The number of carbonyl (C=O) groups excluding carboxylic acids is 3. The summed E-state index contributed by atoms with van der Waals surface area (Å²) in [7, 11) is 0. The number of anilines is 1. The van der Waals surface area contributed by atoms with Gasteiger partial charge in [0.05, 0.1) is 6.42 Å². The van der Waals surface area contributed by atoms with E-state index in [9.17, 15) is 19.5 Å². The highest BCUT2D eigenvalue weighted by atomic mass is 79.9. The minimum Gasteiger partial charge on any atom is -0.508 e. The fraction of sp³-hybridized carbons (Fsp3) is 0.345. The Kier molecular flexibility index (Phi) is 9.69. The molecular weight excluding hydrogens is 536 g/mol. The molecule has 196 valence electrons. The van der Waals surface area contributed by atoms with Gasteiger partial charge in [-0.15, -0.1) is 0 Å². The van der Waals surface area contributed by atoms with E-state index in [4.69, 9.17) is 4.74 Å². The van der Waals surface area contributed by atoms with Crippen LogP contribution in [0.25, 0.3) is 12.2 Å². The first-order valence-electron chi connectivity index (χ1n) is 12.2. The van der Waals surface area contributed by atoms with E-state index in [1.54, 1.807) is 29.2 Å². The van der Waals surface area contributed by atoms with Crippen LogP contribution in [0.4, 0.5) is 10.5 Å². The molecule has 2 aromatic carbocycles. The van der Waals surface area contributed by atoms with Crippen molar-refractivity contribution in [3.8, 4) is 5.75 Å². The van der Waals surface area contributed by atoms with E-state index in [2.05, 4.69) is 20.8 Å². The molecule has 3 rings (SSSR count). The van der Waals surface area contributed by atoms with Crippen LogP contribution in [-0.4, -0.2) is 59.4 Å². The second kappa shape index (κ2) is 12.7. The van der Waals surface area contributed by atoms with E-state index in [0.29, 0.717) is 19.6 Å². The van der Waals surface area contributed by atoms with E-state index >= 15 is 0 Å². The fourth-order valence-electron chi connectivity index (χ4n) is 3.78. The zero-order chi connectivity index (χ0) is 27.0. The zero-order valence-corrected chi connectivity index (χ0v) is 23.0. The van der Waals surface area contributed by atoms with Gasteiger partial charge in [-0.1, -0.05) is 46.3 Å². The number of ketones is 2. The summed E-state index contributed by atoms with van der Waals surface area (Å²) in [6.45, 7) is 8.34. The normalized spacial score (nSPS) is 14.7. The number of phenols is 1. The molecule has 0 unspecified atom stereocenters. The molecule has 0 saturated carbocycles. The first-order chi connectivity index (χ1) is 17.5. The monoisotopic (exact) mass is 568 g/mol. The van der Waals surface area contributed by atoms with Gasteiger partial charge in [0, 0.05) is 36.3 Å². The number of allylic oxidation sites excluding steroid dienone is 2. The van der Waals surface area contributed by atoms with Gasteiger partial charge < -0.3 is 19.6 Å². The van der Waals surface area contributed by atoms with Crippen LogP contribution in [0, 0.1) is 0 Å². The fourth-order valence-corrected chi connectivity index (χ4v) is 4.28. The molecule has 0 spiro atoms. The Hall–Kier alpha value is -3.39. The molecule has 8 heteroatoms. The molecule has 0 atom stereocenters. The highest BCUT2D eigenvalue weighted by Gasteiger charge is 2.24. The number of ether oxygens (including phenoxy) is 1. The Bertz CT molecular complexity index is 1180. The molecule has 0 aliphatic carbocycles. The maximum atomic E-state index is 12.4. The molecule has 1 N–H and O–H groups in total. The molecule has 1 heterocycles. The van der Waals surface area contributed by atoms with Crippen molar-refractivity contribution in [2.75, 3.05) is 31.1 Å². The number of aromatic hydroxyl groups is 1. The van der Waals surface area contributed by atoms with Crippen LogP contribution >= 0.6 is 15.9 Å². The van der Waals surface area contributed by atoms with E-state index in [-0.39, 0.29) is 29.8 Å². The second-order valence-corrected chi connectivity index (χ2v) is 10.7. The maximum absolute atomic E-state index is 12.4. The maximum Gasteiger partial charge on any atom is 0.410 e. The van der Waals surface area contributed by atoms with Gasteiger partial charge in [0.25, 0.3) is 0 Å². The predicted molar refractivity (Wildman–Crippen MR) is 150 cm³/mol. The van der Waals surface area contributed by atoms with E-state index in [1.807, 2.05) is 39.0 Å². The molecule has 1 aliphatic heterocycles. The summed E-state index contributed by atoms with van der Waals surface area (Å²) < 4.78 is 6.34. The summed E-state index contributed by atoms with van der Waals surface area (Å²) in [4.78, 5) is 40.8. The lowest BCUT2D eigenvalue weighted by Gasteiger charge is -2.27. The van der Waals surface area contributed by atoms with Crippen molar-refractivity contribution in [2.45, 2.75) is 39.2 Å². The summed E-state index contributed by atoms with van der Waals surface area (Å²) in [5, 5.41) is 9.31. The first-order valence-corrected chi connectivity index (χ1v) is 13.0. The SMILES string of the molecule is CC(C)(C)OC(=O)N1CCCN(c2ccc(/C=C/C(=O)CC(=O)/C=C/c3ccc(O)cc3)c(Br)c2)CC1. The van der Waals surface area contributed by atoms with Gasteiger partial charge in [-0.3, -0.25) is 9.59 Å². The molecule has 0 bridgehead atoms. The lowest BCUT2D eigenvalue weighted by Crippen LogP contribution is -2.39. The van der Waals surface area contributed by atoms with Crippen molar-refractivity contribution < 1.29 is 24.2 Å². The number of benzene rings is 2. The average Bonchev–Trinajstić information content (AvgIpc) is 3.08. The number of nitrogens with zero attached hydrogens (tertiary/aromatic N) is 2. The molecule has 7 nitrogen and oxygen atoms in total. The Morgan fingerprint density at radius 1 is 0.946 bits per heavy atom. The standard InChI is InChI=1S/C29H33BrN2O5/c1-29(2,3)37-28(36)32-16-4-15-31(17-18-32)23-10-8-22(27(30)19-23)9-14-26(35)20-25(34)13-7-21-5-11-24(33)12-6-21/h5-14,19,33H,4,15-18,20H2,1-3H3/b13-7+,14-9+. The number of hydrogen-bond acceptors (Lipinski definition) is 6. The van der Waals surface area contributed by atoms with Gasteiger partial charge in [-0.25, -0.2) is 4.79 Å². The Morgan fingerprint density at radius 3 is 2.27 bits per heavy atom. The molecule has 1 aliphatic rings. The third kappa shape index (κ3) is 9.21. The van der Waals surface area contributed by atoms with Gasteiger partial charge in [-0.2, -0.15) is 0 Å². The van der Waals surface area contributed by atoms with Crippen LogP contribution in [-0.2, 0) is 14.3 Å². The van der Waals surface area contributed by atoms with Crippen molar-refractivity contribution in [2.24, 2.45) is 0 Å². The predicted octanol–water partition coefficient (Wildman–Crippen LogP) is 5.86. The Morgan fingerprint density at radius 2 is 1.62 bits per heavy atom. The van der Waals surface area contributed by atoms with Gasteiger partial charge >= 0.3 is 6.09 Å². The van der Waals surface area contributed by atoms with E-state index < -0.39 is 5.60 Å². The van der Waals surface area contributed by atoms with Crippen LogP contribution in [0.5, 0.6) is 5.75 Å². The second-order valence-electron chi connectivity index (χ2n) is 9.88. The van der Waals surface area contributed by atoms with Crippen LogP contribution in [0.15, 0.2) is 59.1 Å². The Labute approximate surface area is 226 Å². The third-order valence-corrected chi connectivity index (χ3v) is 6.34. The average molecular weight is 569 g/mol. The summed E-state index contributed by atoms with van der Waals surface area (Å²) in [5.41, 5.74) is 2.10. The van der Waals surface area contributed by atoms with E-state index in [1.165, 1.54) is 24.3 Å². The number of rotatable bonds is 7. The van der Waals surface area contributed by atoms with Gasteiger partial charge in [0.1, 0.15) is 11.4 Å². The topological polar surface area (TPSA) is 87.2 Å². The number of phenolic OH excluding ortho intramolecular Hbond substituents is 1.